The van der Waals surface area contributed by atoms with Gasteiger partial charge in [-0.1, -0.05) is 18.2 Å². The predicted molar refractivity (Wildman–Crippen MR) is 116 cm³/mol. The Labute approximate surface area is 177 Å². The molecule has 1 unspecified atom stereocenters. The molecule has 2 aromatic heterocycles. The van der Waals surface area contributed by atoms with Crippen LogP contribution in [0.1, 0.15) is 48.6 Å². The normalized spacial score (nSPS) is 17.6. The highest BCUT2D eigenvalue weighted by molar-refractivity contribution is 5.59. The fourth-order valence-corrected chi connectivity index (χ4v) is 4.12. The van der Waals surface area contributed by atoms with E-state index in [0.29, 0.717) is 12.6 Å². The molecule has 1 aromatic carbocycles. The number of pyridine rings is 1. The first-order chi connectivity index (χ1) is 14.4. The topological polar surface area (TPSA) is 43.2 Å². The van der Waals surface area contributed by atoms with Crippen molar-refractivity contribution in [1.82, 2.24) is 19.7 Å². The Bertz CT molecular complexity index is 1030. The summed E-state index contributed by atoms with van der Waals surface area (Å²) in [6.07, 6.45) is -0.104. The molecule has 1 aliphatic heterocycles. The van der Waals surface area contributed by atoms with Gasteiger partial charge in [0.1, 0.15) is 11.9 Å². The zero-order valence-electron chi connectivity index (χ0n) is 18.1. The first kappa shape index (κ1) is 20.7. The Morgan fingerprint density at radius 3 is 2.70 bits per heavy atom. The standard InChI is InChI=1S/C24H29FN4O/c1-16(2)29-18(4)21(17(3)27-29)14-28-11-12-30-24(15-28)23-10-6-9-22(26-23)19-7-5-8-20(25)13-19/h5-10,13,16,24H,11-12,14-15H2,1-4H3. The smallest absolute Gasteiger partial charge is 0.123 e. The molecule has 1 saturated heterocycles. The zero-order chi connectivity index (χ0) is 21.3. The molecule has 1 fully saturated rings. The molecule has 5 nitrogen and oxygen atoms in total. The maximum Gasteiger partial charge on any atom is 0.123 e. The SMILES string of the molecule is Cc1nn(C(C)C)c(C)c1CN1CCOC(c2cccc(-c3cccc(F)c3)n2)C1. The number of rotatable bonds is 5. The highest BCUT2D eigenvalue weighted by Gasteiger charge is 2.25. The van der Waals surface area contributed by atoms with Crippen LogP contribution in [0.25, 0.3) is 11.3 Å². The van der Waals surface area contributed by atoms with Crippen LogP contribution in [-0.4, -0.2) is 39.4 Å². The maximum absolute atomic E-state index is 13.6. The van der Waals surface area contributed by atoms with Crippen molar-refractivity contribution in [2.45, 2.75) is 46.4 Å². The van der Waals surface area contributed by atoms with E-state index in [1.54, 1.807) is 6.07 Å². The Morgan fingerprint density at radius 1 is 1.17 bits per heavy atom. The molecule has 0 saturated carbocycles. The van der Waals surface area contributed by atoms with E-state index in [-0.39, 0.29) is 11.9 Å². The van der Waals surface area contributed by atoms with Gasteiger partial charge >= 0.3 is 0 Å². The van der Waals surface area contributed by atoms with E-state index >= 15 is 0 Å². The third-order valence-corrected chi connectivity index (χ3v) is 5.72. The van der Waals surface area contributed by atoms with E-state index in [1.165, 1.54) is 23.4 Å². The number of ether oxygens (including phenoxy) is 1. The zero-order valence-corrected chi connectivity index (χ0v) is 18.1. The average Bonchev–Trinajstić information content (AvgIpc) is 3.03. The first-order valence-corrected chi connectivity index (χ1v) is 10.5. The van der Waals surface area contributed by atoms with E-state index in [9.17, 15) is 4.39 Å². The molecule has 30 heavy (non-hydrogen) atoms. The van der Waals surface area contributed by atoms with Crippen molar-refractivity contribution in [3.8, 4) is 11.3 Å². The van der Waals surface area contributed by atoms with Gasteiger partial charge in [0.05, 0.1) is 23.7 Å². The second-order valence-electron chi connectivity index (χ2n) is 8.24. The number of nitrogens with zero attached hydrogens (tertiary/aromatic N) is 4. The number of aromatic nitrogens is 3. The lowest BCUT2D eigenvalue weighted by molar-refractivity contribution is -0.0350. The summed E-state index contributed by atoms with van der Waals surface area (Å²) in [4.78, 5) is 7.19. The molecule has 3 heterocycles. The van der Waals surface area contributed by atoms with Gasteiger partial charge in [0.15, 0.2) is 0 Å². The molecule has 4 rings (SSSR count). The number of hydrogen-bond donors (Lipinski definition) is 0. The molecular formula is C24H29FN4O. The molecule has 6 heteroatoms. The molecule has 0 aliphatic carbocycles. The summed E-state index contributed by atoms with van der Waals surface area (Å²) in [5, 5.41) is 4.72. The third-order valence-electron chi connectivity index (χ3n) is 5.72. The summed E-state index contributed by atoms with van der Waals surface area (Å²) in [5.41, 5.74) is 6.04. The molecule has 0 radical (unpaired) electrons. The van der Waals surface area contributed by atoms with Gasteiger partial charge in [-0.15, -0.1) is 0 Å². The van der Waals surface area contributed by atoms with E-state index in [1.807, 2.05) is 24.3 Å². The molecule has 0 amide bonds. The van der Waals surface area contributed by atoms with Crippen LogP contribution >= 0.6 is 0 Å². The Kier molecular flexibility index (Phi) is 5.97. The third kappa shape index (κ3) is 4.30. The number of benzene rings is 1. The van der Waals surface area contributed by atoms with Gasteiger partial charge in [-0.05, 0) is 52.0 Å². The number of halogens is 1. The van der Waals surface area contributed by atoms with Gasteiger partial charge in [-0.3, -0.25) is 14.6 Å². The van der Waals surface area contributed by atoms with Crippen LogP contribution in [-0.2, 0) is 11.3 Å². The van der Waals surface area contributed by atoms with Crippen molar-refractivity contribution in [3.05, 3.63) is 70.9 Å². The second-order valence-corrected chi connectivity index (χ2v) is 8.24. The fourth-order valence-electron chi connectivity index (χ4n) is 4.12. The summed E-state index contributed by atoms with van der Waals surface area (Å²) in [6, 6.07) is 12.8. The van der Waals surface area contributed by atoms with Gasteiger partial charge in [0.2, 0.25) is 0 Å². The van der Waals surface area contributed by atoms with Crippen molar-refractivity contribution in [3.63, 3.8) is 0 Å². The highest BCUT2D eigenvalue weighted by Crippen LogP contribution is 2.26. The van der Waals surface area contributed by atoms with Crippen LogP contribution in [0.15, 0.2) is 42.5 Å². The van der Waals surface area contributed by atoms with Crippen molar-refractivity contribution in [1.29, 1.82) is 0 Å². The molecule has 0 spiro atoms. The van der Waals surface area contributed by atoms with E-state index in [4.69, 9.17) is 14.8 Å². The fraction of sp³-hybridized carbons (Fsp3) is 0.417. The maximum atomic E-state index is 13.6. The Morgan fingerprint density at radius 2 is 1.97 bits per heavy atom. The molecule has 3 aromatic rings. The molecule has 0 bridgehead atoms. The van der Waals surface area contributed by atoms with Crippen LogP contribution in [0.2, 0.25) is 0 Å². The van der Waals surface area contributed by atoms with Crippen LogP contribution < -0.4 is 0 Å². The Balaban J connectivity index is 1.52. The van der Waals surface area contributed by atoms with E-state index < -0.39 is 0 Å². The minimum absolute atomic E-state index is 0.104. The summed E-state index contributed by atoms with van der Waals surface area (Å²) in [5.74, 6) is -0.257. The lowest BCUT2D eigenvalue weighted by Crippen LogP contribution is -2.38. The van der Waals surface area contributed by atoms with Crippen LogP contribution in [0.3, 0.4) is 0 Å². The molecule has 0 N–H and O–H groups in total. The first-order valence-electron chi connectivity index (χ1n) is 10.5. The van der Waals surface area contributed by atoms with Gasteiger partial charge in [0, 0.05) is 42.5 Å². The molecule has 1 atom stereocenters. The second kappa shape index (κ2) is 8.66. The van der Waals surface area contributed by atoms with Crippen molar-refractivity contribution in [2.24, 2.45) is 0 Å². The van der Waals surface area contributed by atoms with E-state index in [2.05, 4.69) is 37.3 Å². The van der Waals surface area contributed by atoms with Crippen LogP contribution in [0, 0.1) is 19.7 Å². The van der Waals surface area contributed by atoms with Crippen LogP contribution in [0.4, 0.5) is 4.39 Å². The minimum Gasteiger partial charge on any atom is -0.369 e. The van der Waals surface area contributed by atoms with Gasteiger partial charge < -0.3 is 4.74 Å². The summed E-state index contributed by atoms with van der Waals surface area (Å²) < 4.78 is 21.8. The van der Waals surface area contributed by atoms with Gasteiger partial charge in [0.25, 0.3) is 0 Å². The van der Waals surface area contributed by atoms with Crippen LogP contribution in [0.5, 0.6) is 0 Å². The summed E-state index contributed by atoms with van der Waals surface area (Å²) in [7, 11) is 0. The molecular weight excluding hydrogens is 379 g/mol. The lowest BCUT2D eigenvalue weighted by Gasteiger charge is -2.32. The van der Waals surface area contributed by atoms with E-state index in [0.717, 1.165) is 42.3 Å². The summed E-state index contributed by atoms with van der Waals surface area (Å²) >= 11 is 0. The van der Waals surface area contributed by atoms with Gasteiger partial charge in [-0.25, -0.2) is 4.39 Å². The van der Waals surface area contributed by atoms with Crippen molar-refractivity contribution < 1.29 is 9.13 Å². The number of aryl methyl sites for hydroxylation is 1. The van der Waals surface area contributed by atoms with Crippen molar-refractivity contribution >= 4 is 0 Å². The average molecular weight is 409 g/mol. The summed E-state index contributed by atoms with van der Waals surface area (Å²) in [6.45, 7) is 11.7. The largest absolute Gasteiger partial charge is 0.369 e. The predicted octanol–water partition coefficient (Wildman–Crippen LogP) is 4.86. The number of hydrogen-bond acceptors (Lipinski definition) is 4. The van der Waals surface area contributed by atoms with Gasteiger partial charge in [-0.2, -0.15) is 5.10 Å². The minimum atomic E-state index is -0.257. The highest BCUT2D eigenvalue weighted by atomic mass is 19.1. The van der Waals surface area contributed by atoms with Crippen molar-refractivity contribution in [2.75, 3.05) is 19.7 Å². The molecule has 158 valence electrons. The quantitative estimate of drug-likeness (QED) is 0.605. The Hall–Kier alpha value is -2.57. The number of morpholine rings is 1. The lowest BCUT2D eigenvalue weighted by atomic mass is 10.1. The molecule has 1 aliphatic rings. The monoisotopic (exact) mass is 408 g/mol.